The first-order chi connectivity index (χ1) is 11.6. The van der Waals surface area contributed by atoms with Crippen LogP contribution in [0.1, 0.15) is 24.1 Å². The van der Waals surface area contributed by atoms with Crippen molar-refractivity contribution in [1.29, 1.82) is 0 Å². The van der Waals surface area contributed by atoms with Crippen LogP contribution in [0.3, 0.4) is 0 Å². The molecule has 8 nitrogen and oxygen atoms in total. The van der Waals surface area contributed by atoms with E-state index >= 15 is 0 Å². The summed E-state index contributed by atoms with van der Waals surface area (Å²) in [5, 5.41) is 3.97. The summed E-state index contributed by atoms with van der Waals surface area (Å²) in [7, 11) is 0. The maximum Gasteiger partial charge on any atom is 0.244 e. The molecular formula is C16H22N6O2. The molecule has 1 aliphatic heterocycles. The first-order valence-electron chi connectivity index (χ1n) is 8.14. The van der Waals surface area contributed by atoms with Gasteiger partial charge in [0, 0.05) is 24.3 Å². The summed E-state index contributed by atoms with van der Waals surface area (Å²) in [6.45, 7) is 6.30. The summed E-state index contributed by atoms with van der Waals surface area (Å²) in [4.78, 5) is 26.3. The molecule has 1 fully saturated rings. The van der Waals surface area contributed by atoms with Crippen LogP contribution in [0, 0.1) is 19.8 Å². The van der Waals surface area contributed by atoms with Gasteiger partial charge >= 0.3 is 0 Å². The molecule has 0 aliphatic carbocycles. The van der Waals surface area contributed by atoms with Crippen molar-refractivity contribution in [2.75, 3.05) is 19.7 Å². The molecule has 0 saturated carbocycles. The number of aryl methyl sites for hydroxylation is 1. The number of likely N-dealkylation sites (tertiary alicyclic amines) is 1. The van der Waals surface area contributed by atoms with Gasteiger partial charge in [-0.05, 0) is 32.6 Å². The van der Waals surface area contributed by atoms with Crippen LogP contribution in [-0.4, -0.2) is 55.2 Å². The van der Waals surface area contributed by atoms with Crippen LogP contribution in [0.15, 0.2) is 19.0 Å². The van der Waals surface area contributed by atoms with Crippen LogP contribution in [0.4, 0.5) is 0 Å². The average molecular weight is 330 g/mol. The van der Waals surface area contributed by atoms with Gasteiger partial charge in [-0.25, -0.2) is 19.6 Å². The highest BCUT2D eigenvalue weighted by molar-refractivity contribution is 5.75. The van der Waals surface area contributed by atoms with Gasteiger partial charge in [0.15, 0.2) is 0 Å². The first-order valence-corrected chi connectivity index (χ1v) is 8.14. The largest absolute Gasteiger partial charge is 0.477 e. The number of amides is 1. The lowest BCUT2D eigenvalue weighted by Gasteiger charge is -2.31. The second-order valence-electron chi connectivity index (χ2n) is 6.12. The molecule has 0 atom stereocenters. The van der Waals surface area contributed by atoms with E-state index in [0.717, 1.165) is 37.2 Å². The van der Waals surface area contributed by atoms with Crippen molar-refractivity contribution >= 4 is 5.91 Å². The van der Waals surface area contributed by atoms with Gasteiger partial charge in [0.25, 0.3) is 0 Å². The summed E-state index contributed by atoms with van der Waals surface area (Å²) < 4.78 is 7.41. The Hall–Kier alpha value is -2.51. The molecule has 3 heterocycles. The Labute approximate surface area is 140 Å². The maximum absolute atomic E-state index is 12.2. The molecular weight excluding hydrogens is 308 g/mol. The predicted molar refractivity (Wildman–Crippen MR) is 86.3 cm³/mol. The van der Waals surface area contributed by atoms with Crippen LogP contribution < -0.4 is 4.74 Å². The lowest BCUT2D eigenvalue weighted by atomic mass is 9.98. The molecule has 1 saturated heterocycles. The van der Waals surface area contributed by atoms with Crippen molar-refractivity contribution in [3.63, 3.8) is 0 Å². The second kappa shape index (κ2) is 7.37. The third-order valence-corrected chi connectivity index (χ3v) is 4.48. The van der Waals surface area contributed by atoms with E-state index in [0.29, 0.717) is 18.4 Å². The van der Waals surface area contributed by atoms with Gasteiger partial charge in [-0.2, -0.15) is 5.10 Å². The maximum atomic E-state index is 12.2. The van der Waals surface area contributed by atoms with E-state index in [1.807, 2.05) is 18.7 Å². The Bertz CT molecular complexity index is 680. The van der Waals surface area contributed by atoms with Crippen molar-refractivity contribution in [3.8, 4) is 5.88 Å². The summed E-state index contributed by atoms with van der Waals surface area (Å²) in [6.07, 6.45) is 6.40. The molecule has 0 N–H and O–H groups in total. The van der Waals surface area contributed by atoms with Gasteiger partial charge < -0.3 is 9.64 Å². The molecule has 0 aromatic carbocycles. The van der Waals surface area contributed by atoms with E-state index in [4.69, 9.17) is 4.74 Å². The lowest BCUT2D eigenvalue weighted by Crippen LogP contribution is -2.41. The lowest BCUT2D eigenvalue weighted by molar-refractivity contribution is -0.133. The van der Waals surface area contributed by atoms with Crippen molar-refractivity contribution in [2.24, 2.45) is 5.92 Å². The molecule has 2 aromatic rings. The number of aromatic nitrogens is 5. The number of carbonyl (C=O) groups excluding carboxylic acids is 1. The Morgan fingerprint density at radius 2 is 2.04 bits per heavy atom. The van der Waals surface area contributed by atoms with Crippen molar-refractivity contribution in [3.05, 3.63) is 30.2 Å². The van der Waals surface area contributed by atoms with Crippen molar-refractivity contribution < 1.29 is 9.53 Å². The highest BCUT2D eigenvalue weighted by Crippen LogP contribution is 2.21. The topological polar surface area (TPSA) is 86.0 Å². The third-order valence-electron chi connectivity index (χ3n) is 4.48. The number of rotatable bonds is 5. The number of piperidine rings is 1. The fraction of sp³-hybridized carbons (Fsp3) is 0.562. The molecule has 0 spiro atoms. The zero-order valence-corrected chi connectivity index (χ0v) is 14.1. The molecule has 0 unspecified atom stereocenters. The van der Waals surface area contributed by atoms with Gasteiger partial charge in [-0.3, -0.25) is 4.79 Å². The minimum atomic E-state index is 0.0853. The van der Waals surface area contributed by atoms with Crippen LogP contribution in [0.2, 0.25) is 0 Å². The van der Waals surface area contributed by atoms with Crippen molar-refractivity contribution in [1.82, 2.24) is 29.6 Å². The molecule has 2 aromatic heterocycles. The average Bonchev–Trinajstić information content (AvgIpc) is 3.09. The van der Waals surface area contributed by atoms with Crippen molar-refractivity contribution in [2.45, 2.75) is 33.2 Å². The quantitative estimate of drug-likeness (QED) is 0.813. The summed E-state index contributed by atoms with van der Waals surface area (Å²) in [5.41, 5.74) is 1.92. The molecule has 0 radical (unpaired) electrons. The van der Waals surface area contributed by atoms with Crippen LogP contribution in [0.5, 0.6) is 5.88 Å². The molecule has 1 aliphatic rings. The summed E-state index contributed by atoms with van der Waals surface area (Å²) in [5.74, 6) is 1.18. The van der Waals surface area contributed by atoms with Gasteiger partial charge in [0.1, 0.15) is 25.5 Å². The van der Waals surface area contributed by atoms with E-state index in [2.05, 4.69) is 20.1 Å². The summed E-state index contributed by atoms with van der Waals surface area (Å²) >= 11 is 0. The van der Waals surface area contributed by atoms with Crippen LogP contribution >= 0.6 is 0 Å². The van der Waals surface area contributed by atoms with E-state index in [-0.39, 0.29) is 12.5 Å². The Morgan fingerprint density at radius 3 is 2.75 bits per heavy atom. The smallest absolute Gasteiger partial charge is 0.244 e. The number of hydrogen-bond acceptors (Lipinski definition) is 6. The monoisotopic (exact) mass is 330 g/mol. The SMILES string of the molecule is Cc1ncnc(OCC2CCN(C(=O)Cn3cncn3)CC2)c1C. The van der Waals surface area contributed by atoms with E-state index in [9.17, 15) is 4.79 Å². The van der Waals surface area contributed by atoms with E-state index in [1.165, 1.54) is 12.7 Å². The fourth-order valence-corrected chi connectivity index (χ4v) is 2.76. The number of hydrogen-bond donors (Lipinski definition) is 0. The molecule has 3 rings (SSSR count). The first kappa shape index (κ1) is 16.4. The van der Waals surface area contributed by atoms with E-state index in [1.54, 1.807) is 11.0 Å². The van der Waals surface area contributed by atoms with Gasteiger partial charge in [0.2, 0.25) is 11.8 Å². The van der Waals surface area contributed by atoms with Crippen LogP contribution in [-0.2, 0) is 11.3 Å². The third kappa shape index (κ3) is 3.87. The highest BCUT2D eigenvalue weighted by Gasteiger charge is 2.23. The zero-order valence-electron chi connectivity index (χ0n) is 14.1. The standard InChI is InChI=1S/C16H22N6O2/c1-12-13(2)18-10-19-16(12)24-8-14-3-5-21(6-4-14)15(23)7-22-11-17-9-20-22/h9-11,14H,3-8H2,1-2H3. The van der Waals surface area contributed by atoms with Gasteiger partial charge in [-0.15, -0.1) is 0 Å². The van der Waals surface area contributed by atoms with Gasteiger partial charge in [0.05, 0.1) is 6.61 Å². The highest BCUT2D eigenvalue weighted by atomic mass is 16.5. The molecule has 0 bridgehead atoms. The Morgan fingerprint density at radius 1 is 1.25 bits per heavy atom. The number of nitrogens with zero attached hydrogens (tertiary/aromatic N) is 6. The minimum absolute atomic E-state index is 0.0853. The normalized spacial score (nSPS) is 15.5. The Balaban J connectivity index is 1.45. The molecule has 1 amide bonds. The minimum Gasteiger partial charge on any atom is -0.477 e. The molecule has 24 heavy (non-hydrogen) atoms. The second-order valence-corrected chi connectivity index (χ2v) is 6.12. The van der Waals surface area contributed by atoms with Crippen LogP contribution in [0.25, 0.3) is 0 Å². The fourth-order valence-electron chi connectivity index (χ4n) is 2.76. The zero-order chi connectivity index (χ0) is 16.9. The Kier molecular flexibility index (Phi) is 5.02. The van der Waals surface area contributed by atoms with Gasteiger partial charge in [-0.1, -0.05) is 0 Å². The molecule has 128 valence electrons. The summed E-state index contributed by atoms with van der Waals surface area (Å²) in [6, 6.07) is 0. The predicted octanol–water partition coefficient (Wildman–Crippen LogP) is 1.00. The number of carbonyl (C=O) groups is 1. The molecule has 8 heteroatoms. The number of ether oxygens (including phenoxy) is 1. The van der Waals surface area contributed by atoms with E-state index < -0.39 is 0 Å².